The van der Waals surface area contributed by atoms with Crippen molar-refractivity contribution < 1.29 is 9.59 Å². The van der Waals surface area contributed by atoms with Gasteiger partial charge in [0.2, 0.25) is 11.8 Å². The summed E-state index contributed by atoms with van der Waals surface area (Å²) < 4.78 is 0. The third-order valence-corrected chi connectivity index (χ3v) is 4.02. The van der Waals surface area contributed by atoms with Crippen molar-refractivity contribution in [3.05, 3.63) is 71.3 Å². The van der Waals surface area contributed by atoms with Crippen molar-refractivity contribution in [2.75, 3.05) is 0 Å². The molecule has 4 N–H and O–H groups in total. The predicted octanol–water partition coefficient (Wildman–Crippen LogP) is 1.50. The minimum atomic E-state index is -0.485. The molecule has 2 amide bonds. The van der Waals surface area contributed by atoms with Gasteiger partial charge in [0.15, 0.2) is 0 Å². The molecule has 2 heterocycles. The van der Waals surface area contributed by atoms with Crippen LogP contribution in [0.1, 0.15) is 50.4 Å². The number of pyridine rings is 2. The van der Waals surface area contributed by atoms with Crippen LogP contribution in [0, 0.1) is 0 Å². The molecule has 0 spiro atoms. The Morgan fingerprint density at radius 3 is 2.13 bits per heavy atom. The lowest BCUT2D eigenvalue weighted by atomic mass is 9.88. The van der Waals surface area contributed by atoms with Gasteiger partial charge in [-0.1, -0.05) is 12.2 Å². The molecule has 0 aromatic carbocycles. The quantitative estimate of drug-likeness (QED) is 0.833. The van der Waals surface area contributed by atoms with Gasteiger partial charge in [0.1, 0.15) is 0 Å². The number of allylic oxidation sites excluding steroid dienone is 2. The van der Waals surface area contributed by atoms with Gasteiger partial charge in [0, 0.05) is 46.7 Å². The van der Waals surface area contributed by atoms with E-state index >= 15 is 0 Å². The van der Waals surface area contributed by atoms with Gasteiger partial charge in [0.25, 0.3) is 0 Å². The summed E-state index contributed by atoms with van der Waals surface area (Å²) in [4.78, 5) is 31.4. The number of nitrogens with two attached hydrogens (primary N) is 2. The highest BCUT2D eigenvalue weighted by molar-refractivity contribution is 5.93. The molecule has 0 saturated carbocycles. The third-order valence-electron chi connectivity index (χ3n) is 4.02. The molecule has 23 heavy (non-hydrogen) atoms. The molecule has 0 saturated heterocycles. The average molecular weight is 308 g/mol. The molecule has 2 unspecified atom stereocenters. The molecule has 2 aromatic rings. The molecule has 116 valence electrons. The van der Waals surface area contributed by atoms with Crippen LogP contribution in [0.15, 0.2) is 48.8 Å². The number of hydrogen-bond acceptors (Lipinski definition) is 4. The minimum absolute atomic E-state index is 0.0232. The minimum Gasteiger partial charge on any atom is -0.366 e. The number of amides is 2. The Morgan fingerprint density at radius 2 is 1.52 bits per heavy atom. The lowest BCUT2D eigenvalue weighted by molar-refractivity contribution is 0.0991. The van der Waals surface area contributed by atoms with Crippen LogP contribution in [-0.4, -0.2) is 21.8 Å². The number of rotatable bonds is 4. The molecule has 1 aliphatic carbocycles. The monoisotopic (exact) mass is 308 g/mol. The maximum atomic E-state index is 11.4. The van der Waals surface area contributed by atoms with Gasteiger partial charge in [-0.2, -0.15) is 0 Å². The molecule has 1 aliphatic rings. The van der Waals surface area contributed by atoms with Crippen molar-refractivity contribution in [1.29, 1.82) is 0 Å². The van der Waals surface area contributed by atoms with E-state index in [2.05, 4.69) is 9.97 Å². The summed E-state index contributed by atoms with van der Waals surface area (Å²) in [5.41, 5.74) is 13.1. The third kappa shape index (κ3) is 2.96. The maximum absolute atomic E-state index is 11.4. The van der Waals surface area contributed by atoms with Gasteiger partial charge in [-0.25, -0.2) is 0 Å². The summed E-state index contributed by atoms with van der Waals surface area (Å²) in [7, 11) is 0. The molecular formula is C17H16N4O2. The molecule has 0 bridgehead atoms. The van der Waals surface area contributed by atoms with E-state index in [9.17, 15) is 9.59 Å². The van der Waals surface area contributed by atoms with E-state index in [1.54, 1.807) is 36.7 Å². The summed E-state index contributed by atoms with van der Waals surface area (Å²) in [6.45, 7) is 0. The predicted molar refractivity (Wildman–Crippen MR) is 84.7 cm³/mol. The van der Waals surface area contributed by atoms with Crippen molar-refractivity contribution in [2.45, 2.75) is 18.3 Å². The Balaban J connectivity index is 1.95. The molecule has 6 nitrogen and oxygen atoms in total. The van der Waals surface area contributed by atoms with Crippen LogP contribution in [0.4, 0.5) is 0 Å². The van der Waals surface area contributed by atoms with Crippen LogP contribution in [0.25, 0.3) is 0 Å². The van der Waals surface area contributed by atoms with Crippen LogP contribution in [0.3, 0.4) is 0 Å². The fraction of sp³-hybridized carbons (Fsp3) is 0.176. The molecule has 0 aliphatic heterocycles. The van der Waals surface area contributed by atoms with Gasteiger partial charge in [-0.15, -0.1) is 0 Å². The summed E-state index contributed by atoms with van der Waals surface area (Å²) in [6, 6.07) is 6.60. The summed E-state index contributed by atoms with van der Waals surface area (Å²) >= 11 is 0. The molecule has 3 rings (SSSR count). The first-order valence-electron chi connectivity index (χ1n) is 7.24. The lowest BCUT2D eigenvalue weighted by Crippen LogP contribution is -2.15. The second-order valence-electron chi connectivity index (χ2n) is 5.46. The van der Waals surface area contributed by atoms with Crippen LogP contribution >= 0.6 is 0 Å². The van der Waals surface area contributed by atoms with E-state index in [4.69, 9.17) is 11.5 Å². The highest BCUT2D eigenvalue weighted by atomic mass is 16.1. The van der Waals surface area contributed by atoms with Crippen LogP contribution in [-0.2, 0) is 0 Å². The number of aromatic nitrogens is 2. The Morgan fingerprint density at radius 1 is 0.957 bits per heavy atom. The second-order valence-corrected chi connectivity index (χ2v) is 5.46. The maximum Gasteiger partial charge on any atom is 0.248 e. The number of primary amides is 2. The van der Waals surface area contributed by atoms with Gasteiger partial charge in [-0.3, -0.25) is 19.6 Å². The van der Waals surface area contributed by atoms with Gasteiger partial charge >= 0.3 is 0 Å². The first-order chi connectivity index (χ1) is 11.1. The van der Waals surface area contributed by atoms with Crippen molar-refractivity contribution in [1.82, 2.24) is 9.97 Å². The second kappa shape index (κ2) is 6.00. The van der Waals surface area contributed by atoms with Crippen LogP contribution in [0.2, 0.25) is 0 Å². The van der Waals surface area contributed by atoms with Gasteiger partial charge in [0.05, 0.1) is 0 Å². The van der Waals surface area contributed by atoms with Gasteiger partial charge in [-0.05, 0) is 30.7 Å². The molecule has 2 atom stereocenters. The van der Waals surface area contributed by atoms with Crippen molar-refractivity contribution >= 4 is 11.8 Å². The Hall–Kier alpha value is -3.02. The van der Waals surface area contributed by atoms with Crippen LogP contribution in [0.5, 0.6) is 0 Å². The van der Waals surface area contributed by atoms with E-state index in [1.807, 2.05) is 12.2 Å². The average Bonchev–Trinajstić information content (AvgIpc) is 3.04. The normalized spacial score (nSPS) is 19.7. The van der Waals surface area contributed by atoms with E-state index in [0.717, 1.165) is 17.8 Å². The van der Waals surface area contributed by atoms with Crippen molar-refractivity contribution in [3.63, 3.8) is 0 Å². The SMILES string of the molecule is NC(=O)c1ccnc(C2C=CCC2c2cc(C(N)=O)ccn2)c1. The van der Waals surface area contributed by atoms with E-state index < -0.39 is 11.8 Å². The molecule has 0 fully saturated rings. The summed E-state index contributed by atoms with van der Waals surface area (Å²) in [6.07, 6.45) is 8.02. The number of carbonyl (C=O) groups excluding carboxylic acids is 2. The fourth-order valence-electron chi connectivity index (χ4n) is 2.85. The number of nitrogens with zero attached hydrogens (tertiary/aromatic N) is 2. The Bertz CT molecular complexity index is 801. The standard InChI is InChI=1S/C17H16N4O2/c18-16(22)10-4-6-20-14(8-10)12-2-1-3-13(12)15-9-11(17(19)23)5-7-21-15/h1-2,4-9,12-13H,3H2,(H2,18,22)(H2,19,23). The number of carbonyl (C=O) groups is 2. The number of hydrogen-bond donors (Lipinski definition) is 2. The van der Waals surface area contributed by atoms with Gasteiger partial charge < -0.3 is 11.5 Å². The molecule has 2 aromatic heterocycles. The first-order valence-corrected chi connectivity index (χ1v) is 7.24. The molecule has 6 heteroatoms. The zero-order chi connectivity index (χ0) is 16.4. The molecular weight excluding hydrogens is 292 g/mol. The highest BCUT2D eigenvalue weighted by Crippen LogP contribution is 2.40. The topological polar surface area (TPSA) is 112 Å². The van der Waals surface area contributed by atoms with Crippen LogP contribution < -0.4 is 11.5 Å². The van der Waals surface area contributed by atoms with E-state index in [-0.39, 0.29) is 11.8 Å². The van der Waals surface area contributed by atoms with Crippen molar-refractivity contribution in [3.8, 4) is 0 Å². The highest BCUT2D eigenvalue weighted by Gasteiger charge is 2.28. The smallest absolute Gasteiger partial charge is 0.248 e. The summed E-state index contributed by atoms with van der Waals surface area (Å²) in [5.74, 6) is -0.944. The van der Waals surface area contributed by atoms with E-state index in [0.29, 0.717) is 11.1 Å². The lowest BCUT2D eigenvalue weighted by Gasteiger charge is -2.19. The Kier molecular flexibility index (Phi) is 3.89. The largest absolute Gasteiger partial charge is 0.366 e. The Labute approximate surface area is 133 Å². The molecule has 0 radical (unpaired) electrons. The summed E-state index contributed by atoms with van der Waals surface area (Å²) in [5, 5.41) is 0. The first kappa shape index (κ1) is 14.9. The fourth-order valence-corrected chi connectivity index (χ4v) is 2.85. The van der Waals surface area contributed by atoms with E-state index in [1.165, 1.54) is 0 Å². The zero-order valence-corrected chi connectivity index (χ0v) is 12.3. The van der Waals surface area contributed by atoms with Crippen molar-refractivity contribution in [2.24, 2.45) is 11.5 Å². The zero-order valence-electron chi connectivity index (χ0n) is 12.3.